The second kappa shape index (κ2) is 4.96. The smallest absolute Gasteiger partial charge is 0.119 e. The summed E-state index contributed by atoms with van der Waals surface area (Å²) >= 11 is 0. The molecule has 1 aliphatic heterocycles. The molecule has 0 radical (unpaired) electrons. The van der Waals surface area contributed by atoms with Crippen LogP contribution in [0.3, 0.4) is 0 Å². The first-order valence-corrected chi connectivity index (χ1v) is 6.75. The minimum Gasteiger partial charge on any atom is -0.497 e. The van der Waals surface area contributed by atoms with Crippen LogP contribution in [0.2, 0.25) is 0 Å². The Labute approximate surface area is 114 Å². The van der Waals surface area contributed by atoms with Crippen molar-refractivity contribution in [2.45, 2.75) is 13.0 Å². The zero-order chi connectivity index (χ0) is 13.2. The number of methoxy groups -OCH3 is 1. The van der Waals surface area contributed by atoms with Crippen molar-refractivity contribution in [3.63, 3.8) is 0 Å². The molecule has 1 heterocycles. The van der Waals surface area contributed by atoms with Crippen LogP contribution in [0, 0.1) is 5.92 Å². The monoisotopic (exact) mass is 253 g/mol. The number of nitrogens with zero attached hydrogens (tertiary/aromatic N) is 1. The molecule has 0 unspecified atom stereocenters. The van der Waals surface area contributed by atoms with E-state index in [2.05, 4.69) is 54.3 Å². The predicted molar refractivity (Wildman–Crippen MR) is 78.7 cm³/mol. The van der Waals surface area contributed by atoms with Crippen LogP contribution in [0.4, 0.5) is 5.69 Å². The van der Waals surface area contributed by atoms with E-state index in [1.54, 1.807) is 7.11 Å². The van der Waals surface area contributed by atoms with Gasteiger partial charge >= 0.3 is 0 Å². The van der Waals surface area contributed by atoms with Crippen molar-refractivity contribution in [2.75, 3.05) is 18.6 Å². The zero-order valence-corrected chi connectivity index (χ0v) is 11.4. The lowest BCUT2D eigenvalue weighted by atomic mass is 9.84. The number of benzene rings is 2. The molecule has 2 aromatic carbocycles. The topological polar surface area (TPSA) is 12.5 Å². The molecule has 1 fully saturated rings. The van der Waals surface area contributed by atoms with Gasteiger partial charge in [0.25, 0.3) is 0 Å². The lowest BCUT2D eigenvalue weighted by Crippen LogP contribution is -2.48. The fourth-order valence-electron chi connectivity index (χ4n) is 2.89. The van der Waals surface area contributed by atoms with E-state index in [4.69, 9.17) is 4.74 Å². The van der Waals surface area contributed by atoms with E-state index in [0.717, 1.165) is 12.3 Å². The third-order valence-electron chi connectivity index (χ3n) is 3.90. The van der Waals surface area contributed by atoms with Gasteiger partial charge in [0.1, 0.15) is 5.75 Å². The van der Waals surface area contributed by atoms with E-state index in [1.165, 1.54) is 11.3 Å². The van der Waals surface area contributed by atoms with Crippen molar-refractivity contribution in [3.8, 4) is 5.75 Å². The van der Waals surface area contributed by atoms with Gasteiger partial charge < -0.3 is 9.64 Å². The third-order valence-corrected chi connectivity index (χ3v) is 3.90. The molecule has 1 aliphatic rings. The highest BCUT2D eigenvalue weighted by molar-refractivity contribution is 5.54. The minimum absolute atomic E-state index is 0.495. The summed E-state index contributed by atoms with van der Waals surface area (Å²) in [6.07, 6.45) is 0. The van der Waals surface area contributed by atoms with Crippen molar-refractivity contribution < 1.29 is 4.74 Å². The van der Waals surface area contributed by atoms with Gasteiger partial charge in [-0.3, -0.25) is 0 Å². The SMILES string of the molecule is COc1ccc(N2C[C@@H](C)[C@H]2c2ccccc2)cc1. The van der Waals surface area contributed by atoms with E-state index < -0.39 is 0 Å². The molecule has 3 rings (SSSR count). The Morgan fingerprint density at radius 1 is 1.00 bits per heavy atom. The number of hydrogen-bond donors (Lipinski definition) is 0. The maximum absolute atomic E-state index is 5.21. The van der Waals surface area contributed by atoms with Gasteiger partial charge in [0.05, 0.1) is 13.2 Å². The molecule has 0 N–H and O–H groups in total. The molecule has 0 aromatic heterocycles. The zero-order valence-electron chi connectivity index (χ0n) is 11.4. The van der Waals surface area contributed by atoms with Crippen LogP contribution in [0.25, 0.3) is 0 Å². The summed E-state index contributed by atoms with van der Waals surface area (Å²) in [5, 5.41) is 0. The van der Waals surface area contributed by atoms with E-state index >= 15 is 0 Å². The molecule has 0 amide bonds. The average molecular weight is 253 g/mol. The van der Waals surface area contributed by atoms with Crippen LogP contribution in [0.15, 0.2) is 54.6 Å². The maximum Gasteiger partial charge on any atom is 0.119 e. The van der Waals surface area contributed by atoms with Gasteiger partial charge in [-0.2, -0.15) is 0 Å². The molecule has 2 aromatic rings. The maximum atomic E-state index is 5.21. The van der Waals surface area contributed by atoms with Crippen LogP contribution in [-0.2, 0) is 0 Å². The summed E-state index contributed by atoms with van der Waals surface area (Å²) in [4.78, 5) is 2.46. The fraction of sp³-hybridized carbons (Fsp3) is 0.294. The van der Waals surface area contributed by atoms with Crippen LogP contribution in [0.1, 0.15) is 18.5 Å². The molecule has 1 saturated heterocycles. The van der Waals surface area contributed by atoms with Crippen LogP contribution < -0.4 is 9.64 Å². The Hall–Kier alpha value is -1.96. The summed E-state index contributed by atoms with van der Waals surface area (Å²) in [5.41, 5.74) is 2.67. The molecule has 0 saturated carbocycles. The van der Waals surface area contributed by atoms with Crippen molar-refractivity contribution in [2.24, 2.45) is 5.92 Å². The Kier molecular flexibility index (Phi) is 3.16. The summed E-state index contributed by atoms with van der Waals surface area (Å²) in [7, 11) is 1.70. The van der Waals surface area contributed by atoms with Gasteiger partial charge in [0.2, 0.25) is 0 Å². The number of ether oxygens (including phenoxy) is 1. The van der Waals surface area contributed by atoms with Gasteiger partial charge in [0.15, 0.2) is 0 Å². The lowest BCUT2D eigenvalue weighted by molar-refractivity contribution is 0.325. The van der Waals surface area contributed by atoms with E-state index in [-0.39, 0.29) is 0 Å². The normalized spacial score (nSPS) is 21.9. The highest BCUT2D eigenvalue weighted by Gasteiger charge is 2.36. The van der Waals surface area contributed by atoms with Crippen molar-refractivity contribution in [1.29, 1.82) is 0 Å². The second-order valence-electron chi connectivity index (χ2n) is 5.18. The molecule has 2 nitrogen and oxygen atoms in total. The van der Waals surface area contributed by atoms with Crippen LogP contribution in [0.5, 0.6) is 5.75 Å². The predicted octanol–water partition coefficient (Wildman–Crippen LogP) is 3.89. The average Bonchev–Trinajstić information content (AvgIpc) is 2.46. The molecular weight excluding hydrogens is 234 g/mol. The quantitative estimate of drug-likeness (QED) is 0.822. The highest BCUT2D eigenvalue weighted by atomic mass is 16.5. The van der Waals surface area contributed by atoms with Gasteiger partial charge in [-0.15, -0.1) is 0 Å². The fourth-order valence-corrected chi connectivity index (χ4v) is 2.89. The molecule has 2 heteroatoms. The summed E-state index contributed by atoms with van der Waals surface area (Å²) < 4.78 is 5.21. The standard InChI is InChI=1S/C17H19NO/c1-13-12-18(15-8-10-16(19-2)11-9-15)17(13)14-6-4-3-5-7-14/h3-11,13,17H,12H2,1-2H3/t13-,17+/m1/s1. The molecule has 0 aliphatic carbocycles. The van der Waals surface area contributed by atoms with Crippen LogP contribution in [-0.4, -0.2) is 13.7 Å². The second-order valence-corrected chi connectivity index (χ2v) is 5.18. The van der Waals surface area contributed by atoms with E-state index in [9.17, 15) is 0 Å². The first kappa shape index (κ1) is 12.1. The number of rotatable bonds is 3. The van der Waals surface area contributed by atoms with Gasteiger partial charge in [0, 0.05) is 12.2 Å². The minimum atomic E-state index is 0.495. The highest BCUT2D eigenvalue weighted by Crippen LogP contribution is 2.42. The first-order valence-electron chi connectivity index (χ1n) is 6.75. The lowest BCUT2D eigenvalue weighted by Gasteiger charge is -2.48. The third kappa shape index (κ3) is 2.19. The van der Waals surface area contributed by atoms with Crippen molar-refractivity contribution in [3.05, 3.63) is 60.2 Å². The molecule has 98 valence electrons. The molecule has 0 spiro atoms. The van der Waals surface area contributed by atoms with Gasteiger partial charge in [-0.25, -0.2) is 0 Å². The van der Waals surface area contributed by atoms with Crippen LogP contribution >= 0.6 is 0 Å². The Balaban J connectivity index is 1.85. The Morgan fingerprint density at radius 3 is 2.26 bits per heavy atom. The number of anilines is 1. The van der Waals surface area contributed by atoms with E-state index in [1.807, 2.05) is 12.1 Å². The molecular formula is C17H19NO. The summed E-state index contributed by atoms with van der Waals surface area (Å²) in [6, 6.07) is 19.6. The van der Waals surface area contributed by atoms with E-state index in [0.29, 0.717) is 12.0 Å². The van der Waals surface area contributed by atoms with Crippen molar-refractivity contribution in [1.82, 2.24) is 0 Å². The Morgan fingerprint density at radius 2 is 1.68 bits per heavy atom. The van der Waals surface area contributed by atoms with Crippen molar-refractivity contribution >= 4 is 5.69 Å². The largest absolute Gasteiger partial charge is 0.497 e. The molecule has 2 atom stereocenters. The van der Waals surface area contributed by atoms with Gasteiger partial charge in [-0.05, 0) is 35.7 Å². The molecule has 0 bridgehead atoms. The molecule has 19 heavy (non-hydrogen) atoms. The Bertz CT molecular complexity index is 535. The number of hydrogen-bond acceptors (Lipinski definition) is 2. The first-order chi connectivity index (χ1) is 9.29. The summed E-state index contributed by atoms with van der Waals surface area (Å²) in [6.45, 7) is 3.43. The van der Waals surface area contributed by atoms with Gasteiger partial charge in [-0.1, -0.05) is 37.3 Å². The summed E-state index contributed by atoms with van der Waals surface area (Å²) in [5.74, 6) is 1.61.